The first-order chi connectivity index (χ1) is 8.58. The first kappa shape index (κ1) is 14.5. The van der Waals surface area contributed by atoms with Gasteiger partial charge in [-0.1, -0.05) is 13.8 Å². The zero-order chi connectivity index (χ0) is 13.5. The maximum atomic E-state index is 11.7. The van der Waals surface area contributed by atoms with Crippen molar-refractivity contribution in [3.05, 3.63) is 24.3 Å². The van der Waals surface area contributed by atoms with Gasteiger partial charge in [-0.2, -0.15) is 0 Å². The summed E-state index contributed by atoms with van der Waals surface area (Å²) in [5, 5.41) is 0. The van der Waals surface area contributed by atoms with Crippen LogP contribution in [0.5, 0.6) is 0 Å². The Bertz CT molecular complexity index is 371. The number of nitrogens with two attached hydrogens (primary N) is 1. The summed E-state index contributed by atoms with van der Waals surface area (Å²) >= 11 is 0. The number of rotatable bonds is 6. The van der Waals surface area contributed by atoms with Gasteiger partial charge in [-0.15, -0.1) is 0 Å². The van der Waals surface area contributed by atoms with Crippen molar-refractivity contribution in [2.75, 3.05) is 36.8 Å². The van der Waals surface area contributed by atoms with Gasteiger partial charge in [0.1, 0.15) is 0 Å². The number of carbonyl (C=O) groups excluding carboxylic acids is 1. The molecule has 0 radical (unpaired) electrons. The fourth-order valence-corrected chi connectivity index (χ4v) is 1.90. The molecule has 0 saturated carbocycles. The summed E-state index contributed by atoms with van der Waals surface area (Å²) in [6.07, 6.45) is 0. The minimum atomic E-state index is 0.0620. The average Bonchev–Trinajstić information content (AvgIpc) is 2.36. The van der Waals surface area contributed by atoms with Gasteiger partial charge in [0.15, 0.2) is 0 Å². The summed E-state index contributed by atoms with van der Waals surface area (Å²) in [7, 11) is 0. The van der Waals surface area contributed by atoms with Crippen LogP contribution in [0.2, 0.25) is 0 Å². The molecule has 4 nitrogen and oxygen atoms in total. The minimum absolute atomic E-state index is 0.0620. The van der Waals surface area contributed by atoms with Crippen LogP contribution < -0.4 is 10.6 Å². The maximum Gasteiger partial charge on any atom is 0.223 e. The number of benzene rings is 1. The van der Waals surface area contributed by atoms with Gasteiger partial charge in [0.2, 0.25) is 5.91 Å². The van der Waals surface area contributed by atoms with E-state index in [4.69, 9.17) is 5.73 Å². The molecule has 0 spiro atoms. The minimum Gasteiger partial charge on any atom is -0.399 e. The number of anilines is 2. The molecule has 18 heavy (non-hydrogen) atoms. The van der Waals surface area contributed by atoms with E-state index in [0.29, 0.717) is 12.2 Å². The van der Waals surface area contributed by atoms with Crippen LogP contribution in [0.25, 0.3) is 0 Å². The lowest BCUT2D eigenvalue weighted by Crippen LogP contribution is -2.37. The van der Waals surface area contributed by atoms with Crippen LogP contribution in [0.1, 0.15) is 20.8 Å². The van der Waals surface area contributed by atoms with E-state index in [1.807, 2.05) is 24.3 Å². The second-order valence-corrected chi connectivity index (χ2v) is 4.29. The van der Waals surface area contributed by atoms with E-state index >= 15 is 0 Å². The molecule has 0 aliphatic heterocycles. The summed E-state index contributed by atoms with van der Waals surface area (Å²) in [6, 6.07) is 7.42. The van der Waals surface area contributed by atoms with Crippen LogP contribution in [0.15, 0.2) is 24.3 Å². The maximum absolute atomic E-state index is 11.7. The molecule has 4 heteroatoms. The van der Waals surface area contributed by atoms with E-state index < -0.39 is 0 Å². The largest absolute Gasteiger partial charge is 0.399 e. The molecule has 0 bridgehead atoms. The Labute approximate surface area is 109 Å². The highest BCUT2D eigenvalue weighted by Gasteiger charge is 2.12. The number of amides is 1. The third-order valence-electron chi connectivity index (χ3n) is 3.12. The predicted molar refractivity (Wildman–Crippen MR) is 76.7 cm³/mol. The fraction of sp³-hybridized carbons (Fsp3) is 0.500. The number of hydrogen-bond acceptors (Lipinski definition) is 3. The summed E-state index contributed by atoms with van der Waals surface area (Å²) in [4.78, 5) is 15.8. The van der Waals surface area contributed by atoms with Crippen LogP contribution in [-0.4, -0.2) is 37.0 Å². The van der Waals surface area contributed by atoms with Gasteiger partial charge in [-0.3, -0.25) is 4.79 Å². The number of nitrogen functional groups attached to an aromatic ring is 1. The molecule has 0 aliphatic carbocycles. The third kappa shape index (κ3) is 4.04. The number of carbonyl (C=O) groups is 1. The van der Waals surface area contributed by atoms with E-state index in [9.17, 15) is 4.79 Å². The Morgan fingerprint density at radius 3 is 2.11 bits per heavy atom. The molecule has 0 heterocycles. The van der Waals surface area contributed by atoms with E-state index in [0.717, 1.165) is 25.3 Å². The Morgan fingerprint density at radius 1 is 1.11 bits per heavy atom. The van der Waals surface area contributed by atoms with E-state index in [-0.39, 0.29) is 5.91 Å². The van der Waals surface area contributed by atoms with Gasteiger partial charge in [-0.25, -0.2) is 0 Å². The molecule has 1 aromatic rings. The second kappa shape index (κ2) is 7.01. The zero-order valence-electron chi connectivity index (χ0n) is 11.5. The van der Waals surface area contributed by atoms with Crippen molar-refractivity contribution >= 4 is 17.3 Å². The molecule has 0 aliphatic rings. The molecule has 1 aromatic carbocycles. The van der Waals surface area contributed by atoms with Crippen molar-refractivity contribution in [3.63, 3.8) is 0 Å². The Hall–Kier alpha value is -1.55. The van der Waals surface area contributed by atoms with Crippen LogP contribution >= 0.6 is 0 Å². The molecule has 100 valence electrons. The Morgan fingerprint density at radius 2 is 1.67 bits per heavy atom. The molecular weight excluding hydrogens is 226 g/mol. The van der Waals surface area contributed by atoms with Crippen LogP contribution in [-0.2, 0) is 4.79 Å². The first-order valence-electron chi connectivity index (χ1n) is 6.44. The highest BCUT2D eigenvalue weighted by atomic mass is 16.2. The van der Waals surface area contributed by atoms with Crippen molar-refractivity contribution in [3.8, 4) is 0 Å². The van der Waals surface area contributed by atoms with Crippen LogP contribution in [0, 0.1) is 0 Å². The molecule has 1 amide bonds. The SMILES string of the molecule is CCN(CC)CCN(C(C)=O)c1ccc(N)cc1. The molecule has 1 rings (SSSR count). The summed E-state index contributed by atoms with van der Waals surface area (Å²) in [5.74, 6) is 0.0620. The fourth-order valence-electron chi connectivity index (χ4n) is 1.90. The number of hydrogen-bond donors (Lipinski definition) is 1. The normalized spacial score (nSPS) is 10.7. The summed E-state index contributed by atoms with van der Waals surface area (Å²) in [5.41, 5.74) is 7.28. The van der Waals surface area contributed by atoms with E-state index in [1.165, 1.54) is 0 Å². The molecular formula is C14H23N3O. The first-order valence-corrected chi connectivity index (χ1v) is 6.44. The smallest absolute Gasteiger partial charge is 0.223 e. The van der Waals surface area contributed by atoms with Crippen molar-refractivity contribution < 1.29 is 4.79 Å². The standard InChI is InChI=1S/C14H23N3O/c1-4-16(5-2)10-11-17(12(3)18)14-8-6-13(15)7-9-14/h6-9H,4-5,10-11,15H2,1-3H3. The number of nitrogens with zero attached hydrogens (tertiary/aromatic N) is 2. The van der Waals surface area contributed by atoms with Gasteiger partial charge in [0.25, 0.3) is 0 Å². The second-order valence-electron chi connectivity index (χ2n) is 4.29. The zero-order valence-corrected chi connectivity index (χ0v) is 11.5. The van der Waals surface area contributed by atoms with Crippen molar-refractivity contribution in [1.29, 1.82) is 0 Å². The Balaban J connectivity index is 2.71. The van der Waals surface area contributed by atoms with Crippen molar-refractivity contribution in [1.82, 2.24) is 4.90 Å². The summed E-state index contributed by atoms with van der Waals surface area (Å²) < 4.78 is 0. The monoisotopic (exact) mass is 249 g/mol. The molecule has 0 fully saturated rings. The molecule has 0 saturated heterocycles. The predicted octanol–water partition coefficient (Wildman–Crippen LogP) is 1.96. The molecule has 0 aromatic heterocycles. The lowest BCUT2D eigenvalue weighted by molar-refractivity contribution is -0.116. The molecule has 0 atom stereocenters. The lowest BCUT2D eigenvalue weighted by atomic mass is 10.2. The van der Waals surface area contributed by atoms with Gasteiger partial charge >= 0.3 is 0 Å². The van der Waals surface area contributed by atoms with Gasteiger partial charge in [0, 0.05) is 31.4 Å². The van der Waals surface area contributed by atoms with E-state index in [1.54, 1.807) is 11.8 Å². The third-order valence-corrected chi connectivity index (χ3v) is 3.12. The number of likely N-dealkylation sites (N-methyl/N-ethyl adjacent to an activating group) is 1. The Kier molecular flexibility index (Phi) is 5.65. The topological polar surface area (TPSA) is 49.6 Å². The van der Waals surface area contributed by atoms with Crippen molar-refractivity contribution in [2.45, 2.75) is 20.8 Å². The van der Waals surface area contributed by atoms with Crippen molar-refractivity contribution in [2.24, 2.45) is 0 Å². The van der Waals surface area contributed by atoms with Crippen LogP contribution in [0.4, 0.5) is 11.4 Å². The lowest BCUT2D eigenvalue weighted by Gasteiger charge is -2.25. The van der Waals surface area contributed by atoms with E-state index in [2.05, 4.69) is 18.7 Å². The van der Waals surface area contributed by atoms with Gasteiger partial charge < -0.3 is 15.5 Å². The van der Waals surface area contributed by atoms with Gasteiger partial charge in [0.05, 0.1) is 0 Å². The summed E-state index contributed by atoms with van der Waals surface area (Å²) in [6.45, 7) is 9.46. The molecule has 0 unspecified atom stereocenters. The average molecular weight is 249 g/mol. The molecule has 2 N–H and O–H groups in total. The highest BCUT2D eigenvalue weighted by Crippen LogP contribution is 2.16. The quantitative estimate of drug-likeness (QED) is 0.784. The van der Waals surface area contributed by atoms with Crippen LogP contribution in [0.3, 0.4) is 0 Å². The highest BCUT2D eigenvalue weighted by molar-refractivity contribution is 5.91. The van der Waals surface area contributed by atoms with Gasteiger partial charge in [-0.05, 0) is 37.4 Å².